The van der Waals surface area contributed by atoms with Gasteiger partial charge < -0.3 is 10.1 Å². The van der Waals surface area contributed by atoms with Crippen molar-refractivity contribution in [1.82, 2.24) is 10.3 Å². The molecule has 0 saturated carbocycles. The molecule has 1 heterocycles. The summed E-state index contributed by atoms with van der Waals surface area (Å²) in [6.07, 6.45) is 0.902. The summed E-state index contributed by atoms with van der Waals surface area (Å²) in [5.41, 5.74) is 5.41. The van der Waals surface area contributed by atoms with Crippen LogP contribution in [0.2, 0.25) is 0 Å². The lowest BCUT2D eigenvalue weighted by molar-refractivity contribution is 0.251. The highest BCUT2D eigenvalue weighted by Gasteiger charge is 2.08. The van der Waals surface area contributed by atoms with Crippen molar-refractivity contribution < 1.29 is 9.53 Å². The average Bonchev–Trinajstić information content (AvgIpc) is 3.27. The molecule has 6 heteroatoms. The van der Waals surface area contributed by atoms with Crippen molar-refractivity contribution in [3.63, 3.8) is 0 Å². The molecule has 0 atom stereocenters. The van der Waals surface area contributed by atoms with Gasteiger partial charge in [0.1, 0.15) is 5.75 Å². The third-order valence-corrected chi connectivity index (χ3v) is 5.60. The van der Waals surface area contributed by atoms with Gasteiger partial charge in [-0.05, 0) is 35.2 Å². The number of ether oxygens (including phenoxy) is 1. The van der Waals surface area contributed by atoms with E-state index in [0.717, 1.165) is 29.0 Å². The molecule has 0 aliphatic carbocycles. The van der Waals surface area contributed by atoms with Gasteiger partial charge >= 0.3 is 6.03 Å². The molecule has 4 rings (SSSR count). The van der Waals surface area contributed by atoms with Crippen molar-refractivity contribution in [2.75, 3.05) is 12.4 Å². The standard InChI is InChI=1S/C25H23N3O2S/c1-30-22-13-9-20(10-14-22)16-26-24(29)28-25-27-23(17-31-25)21-11-7-19(8-12-21)15-18-5-3-2-4-6-18/h2-14,17H,15-16H2,1H3,(H2,26,27,28,29). The molecule has 4 aromatic rings. The lowest BCUT2D eigenvalue weighted by Gasteiger charge is -2.06. The predicted molar refractivity (Wildman–Crippen MR) is 126 cm³/mol. The van der Waals surface area contributed by atoms with Gasteiger partial charge in [0, 0.05) is 17.5 Å². The number of rotatable bonds is 7. The Morgan fingerprint density at radius 1 is 0.903 bits per heavy atom. The van der Waals surface area contributed by atoms with Gasteiger partial charge in [-0.15, -0.1) is 11.3 Å². The largest absolute Gasteiger partial charge is 0.497 e. The maximum atomic E-state index is 12.2. The Kier molecular flexibility index (Phi) is 6.59. The van der Waals surface area contributed by atoms with Crippen LogP contribution in [0.25, 0.3) is 11.3 Å². The number of nitrogens with zero attached hydrogens (tertiary/aromatic N) is 1. The van der Waals surface area contributed by atoms with E-state index in [1.54, 1.807) is 7.11 Å². The van der Waals surface area contributed by atoms with E-state index < -0.39 is 0 Å². The molecule has 0 unspecified atom stereocenters. The highest BCUT2D eigenvalue weighted by Crippen LogP contribution is 2.25. The number of hydrogen-bond donors (Lipinski definition) is 2. The van der Waals surface area contributed by atoms with Crippen molar-refractivity contribution in [2.24, 2.45) is 0 Å². The second-order valence-electron chi connectivity index (χ2n) is 7.05. The molecule has 2 N–H and O–H groups in total. The van der Waals surface area contributed by atoms with Gasteiger partial charge in [0.25, 0.3) is 0 Å². The summed E-state index contributed by atoms with van der Waals surface area (Å²) in [4.78, 5) is 16.7. The van der Waals surface area contributed by atoms with E-state index >= 15 is 0 Å². The van der Waals surface area contributed by atoms with E-state index in [4.69, 9.17) is 4.74 Å². The first kappa shape index (κ1) is 20.6. The summed E-state index contributed by atoms with van der Waals surface area (Å²) in [7, 11) is 1.63. The van der Waals surface area contributed by atoms with Crippen molar-refractivity contribution >= 4 is 22.5 Å². The van der Waals surface area contributed by atoms with Crippen LogP contribution < -0.4 is 15.4 Å². The van der Waals surface area contributed by atoms with Crippen molar-refractivity contribution in [3.8, 4) is 17.0 Å². The van der Waals surface area contributed by atoms with Crippen molar-refractivity contribution in [2.45, 2.75) is 13.0 Å². The summed E-state index contributed by atoms with van der Waals surface area (Å²) in [5.74, 6) is 0.789. The van der Waals surface area contributed by atoms with Crippen LogP contribution in [-0.2, 0) is 13.0 Å². The van der Waals surface area contributed by atoms with Gasteiger partial charge in [-0.25, -0.2) is 9.78 Å². The van der Waals surface area contributed by atoms with Crippen LogP contribution in [0.1, 0.15) is 16.7 Å². The van der Waals surface area contributed by atoms with Gasteiger partial charge in [0.2, 0.25) is 0 Å². The summed E-state index contributed by atoms with van der Waals surface area (Å²) < 4.78 is 5.14. The van der Waals surface area contributed by atoms with Gasteiger partial charge in [0.05, 0.1) is 12.8 Å². The molecule has 3 aromatic carbocycles. The van der Waals surface area contributed by atoms with Crippen molar-refractivity contribution in [3.05, 3.63) is 101 Å². The second kappa shape index (κ2) is 9.91. The highest BCUT2D eigenvalue weighted by molar-refractivity contribution is 7.14. The zero-order valence-corrected chi connectivity index (χ0v) is 18.0. The Labute approximate surface area is 185 Å². The Morgan fingerprint density at radius 2 is 1.58 bits per heavy atom. The molecule has 2 amide bonds. The molecule has 0 bridgehead atoms. The maximum Gasteiger partial charge on any atom is 0.321 e. The normalized spacial score (nSPS) is 10.5. The molecule has 0 saturated heterocycles. The van der Waals surface area contributed by atoms with Crippen LogP contribution in [0.4, 0.5) is 9.93 Å². The summed E-state index contributed by atoms with van der Waals surface area (Å²) in [6.45, 7) is 0.428. The average molecular weight is 430 g/mol. The summed E-state index contributed by atoms with van der Waals surface area (Å²) >= 11 is 1.41. The van der Waals surface area contributed by atoms with Gasteiger partial charge in [-0.3, -0.25) is 5.32 Å². The molecule has 0 aliphatic heterocycles. The van der Waals surface area contributed by atoms with Gasteiger partial charge in [-0.2, -0.15) is 0 Å². The Morgan fingerprint density at radius 3 is 2.29 bits per heavy atom. The molecule has 156 valence electrons. The van der Waals surface area contributed by atoms with E-state index in [0.29, 0.717) is 11.7 Å². The number of amides is 2. The molecule has 0 spiro atoms. The molecular formula is C25H23N3O2S. The molecular weight excluding hydrogens is 406 g/mol. The van der Waals surface area contributed by atoms with Crippen LogP contribution in [0.15, 0.2) is 84.2 Å². The van der Waals surface area contributed by atoms with E-state index in [-0.39, 0.29) is 6.03 Å². The minimum Gasteiger partial charge on any atom is -0.497 e. The maximum absolute atomic E-state index is 12.2. The van der Waals surface area contributed by atoms with Gasteiger partial charge in [-0.1, -0.05) is 66.7 Å². The van der Waals surface area contributed by atoms with Crippen LogP contribution in [0.5, 0.6) is 5.75 Å². The fourth-order valence-electron chi connectivity index (χ4n) is 3.16. The minimum atomic E-state index is -0.282. The fraction of sp³-hybridized carbons (Fsp3) is 0.120. The lowest BCUT2D eigenvalue weighted by Crippen LogP contribution is -2.28. The number of aromatic nitrogens is 1. The zero-order valence-electron chi connectivity index (χ0n) is 17.2. The van der Waals surface area contributed by atoms with Crippen LogP contribution in [0, 0.1) is 0 Å². The number of nitrogens with one attached hydrogen (secondary N) is 2. The first-order valence-corrected chi connectivity index (χ1v) is 10.8. The molecule has 5 nitrogen and oxygen atoms in total. The Bertz CT molecular complexity index is 1120. The molecule has 0 fully saturated rings. The first-order chi connectivity index (χ1) is 15.2. The third kappa shape index (κ3) is 5.71. The SMILES string of the molecule is COc1ccc(CNC(=O)Nc2nc(-c3ccc(Cc4ccccc4)cc3)cs2)cc1. The topological polar surface area (TPSA) is 63.2 Å². The smallest absolute Gasteiger partial charge is 0.321 e. The van der Waals surface area contributed by atoms with Crippen LogP contribution >= 0.6 is 11.3 Å². The fourth-order valence-corrected chi connectivity index (χ4v) is 3.87. The number of hydrogen-bond acceptors (Lipinski definition) is 4. The summed E-state index contributed by atoms with van der Waals surface area (Å²) in [5, 5.41) is 8.16. The molecule has 0 aliphatic rings. The van der Waals surface area contributed by atoms with E-state index in [9.17, 15) is 4.79 Å². The number of carbonyl (C=O) groups excluding carboxylic acids is 1. The number of methoxy groups -OCH3 is 1. The second-order valence-corrected chi connectivity index (χ2v) is 7.91. The van der Waals surface area contributed by atoms with Crippen LogP contribution in [0.3, 0.4) is 0 Å². The lowest BCUT2D eigenvalue weighted by atomic mass is 10.0. The van der Waals surface area contributed by atoms with E-state index in [1.165, 1.54) is 22.5 Å². The highest BCUT2D eigenvalue weighted by atomic mass is 32.1. The number of urea groups is 1. The third-order valence-electron chi connectivity index (χ3n) is 4.84. The van der Waals surface area contributed by atoms with Crippen molar-refractivity contribution in [1.29, 1.82) is 0 Å². The summed E-state index contributed by atoms with van der Waals surface area (Å²) in [6, 6.07) is 26.1. The number of benzene rings is 3. The Hall–Kier alpha value is -3.64. The van der Waals surface area contributed by atoms with E-state index in [2.05, 4.69) is 64.1 Å². The van der Waals surface area contributed by atoms with Gasteiger partial charge in [0.15, 0.2) is 5.13 Å². The first-order valence-electron chi connectivity index (χ1n) is 9.96. The number of carbonyl (C=O) groups is 1. The number of thiazole rings is 1. The predicted octanol–water partition coefficient (Wildman–Crippen LogP) is 5.73. The van der Waals surface area contributed by atoms with E-state index in [1.807, 2.05) is 35.7 Å². The monoisotopic (exact) mass is 429 g/mol. The van der Waals surface area contributed by atoms with Crippen LogP contribution in [-0.4, -0.2) is 18.1 Å². The zero-order chi connectivity index (χ0) is 21.5. The molecule has 0 radical (unpaired) electrons. The minimum absolute atomic E-state index is 0.282. The number of anilines is 1. The molecule has 1 aromatic heterocycles. The Balaban J connectivity index is 1.31. The molecule has 31 heavy (non-hydrogen) atoms. The quantitative estimate of drug-likeness (QED) is 0.394.